The SMILES string of the molecule is O=C(NCCCc1ncc[nH]1)c1cncc(Cl)n1. The number of rotatable bonds is 5. The first-order chi connectivity index (χ1) is 8.75. The van der Waals surface area contributed by atoms with Gasteiger partial charge in [0, 0.05) is 25.4 Å². The molecule has 0 aliphatic heterocycles. The maximum absolute atomic E-state index is 11.7. The molecule has 7 heteroatoms. The molecule has 2 aromatic rings. The number of aromatic nitrogens is 4. The summed E-state index contributed by atoms with van der Waals surface area (Å²) < 4.78 is 0. The van der Waals surface area contributed by atoms with Crippen molar-refractivity contribution in [2.75, 3.05) is 6.54 Å². The Morgan fingerprint density at radius 2 is 2.33 bits per heavy atom. The molecule has 2 heterocycles. The number of halogens is 1. The molecule has 0 aliphatic carbocycles. The maximum Gasteiger partial charge on any atom is 0.271 e. The van der Waals surface area contributed by atoms with E-state index in [1.807, 2.05) is 0 Å². The highest BCUT2D eigenvalue weighted by molar-refractivity contribution is 6.29. The predicted octanol–water partition coefficient (Wildman–Crippen LogP) is 1.22. The fourth-order valence-corrected chi connectivity index (χ4v) is 1.58. The van der Waals surface area contributed by atoms with Crippen molar-refractivity contribution in [2.45, 2.75) is 12.8 Å². The second-order valence-electron chi connectivity index (χ2n) is 3.62. The molecule has 6 nitrogen and oxygen atoms in total. The van der Waals surface area contributed by atoms with Crippen molar-refractivity contribution < 1.29 is 4.79 Å². The van der Waals surface area contributed by atoms with Gasteiger partial charge in [-0.1, -0.05) is 11.6 Å². The third kappa shape index (κ3) is 3.53. The van der Waals surface area contributed by atoms with E-state index in [2.05, 4.69) is 25.3 Å². The van der Waals surface area contributed by atoms with Crippen LogP contribution in [0.2, 0.25) is 5.15 Å². The molecular weight excluding hydrogens is 254 g/mol. The molecule has 0 bridgehead atoms. The zero-order valence-electron chi connectivity index (χ0n) is 9.56. The summed E-state index contributed by atoms with van der Waals surface area (Å²) in [5.74, 6) is 0.635. The molecule has 0 saturated carbocycles. The molecule has 0 spiro atoms. The van der Waals surface area contributed by atoms with Gasteiger partial charge >= 0.3 is 0 Å². The van der Waals surface area contributed by atoms with Crippen LogP contribution in [0.25, 0.3) is 0 Å². The number of aryl methyl sites for hydroxylation is 1. The lowest BCUT2D eigenvalue weighted by Crippen LogP contribution is -2.25. The highest BCUT2D eigenvalue weighted by Gasteiger charge is 2.07. The Morgan fingerprint density at radius 1 is 1.44 bits per heavy atom. The van der Waals surface area contributed by atoms with Gasteiger partial charge in [0.15, 0.2) is 0 Å². The van der Waals surface area contributed by atoms with Crippen molar-refractivity contribution in [3.05, 3.63) is 41.5 Å². The van der Waals surface area contributed by atoms with Gasteiger partial charge in [-0.15, -0.1) is 0 Å². The van der Waals surface area contributed by atoms with E-state index in [4.69, 9.17) is 11.6 Å². The highest BCUT2D eigenvalue weighted by Crippen LogP contribution is 2.02. The lowest BCUT2D eigenvalue weighted by molar-refractivity contribution is 0.0948. The zero-order chi connectivity index (χ0) is 12.8. The van der Waals surface area contributed by atoms with Gasteiger partial charge in [-0.25, -0.2) is 9.97 Å². The molecule has 0 aliphatic rings. The van der Waals surface area contributed by atoms with Gasteiger partial charge in [-0.2, -0.15) is 0 Å². The number of carbonyl (C=O) groups excluding carboxylic acids is 1. The lowest BCUT2D eigenvalue weighted by atomic mass is 10.3. The van der Waals surface area contributed by atoms with Gasteiger partial charge in [0.2, 0.25) is 0 Å². The highest BCUT2D eigenvalue weighted by atomic mass is 35.5. The summed E-state index contributed by atoms with van der Waals surface area (Å²) in [6.45, 7) is 0.549. The van der Waals surface area contributed by atoms with Crippen LogP contribution in [-0.2, 0) is 6.42 Å². The predicted molar refractivity (Wildman–Crippen MR) is 66.3 cm³/mol. The Labute approximate surface area is 109 Å². The summed E-state index contributed by atoms with van der Waals surface area (Å²) in [6, 6.07) is 0. The zero-order valence-corrected chi connectivity index (χ0v) is 10.3. The number of aromatic amines is 1. The third-order valence-electron chi connectivity index (χ3n) is 2.27. The number of nitrogens with zero attached hydrogens (tertiary/aromatic N) is 3. The Bertz CT molecular complexity index is 514. The summed E-state index contributed by atoms with van der Waals surface area (Å²) in [4.78, 5) is 26.4. The monoisotopic (exact) mass is 265 g/mol. The third-order valence-corrected chi connectivity index (χ3v) is 2.45. The van der Waals surface area contributed by atoms with E-state index in [1.54, 1.807) is 12.4 Å². The standard InChI is InChI=1S/C11H12ClN5O/c12-9-7-13-6-8(17-9)11(18)16-3-1-2-10-14-4-5-15-10/h4-7H,1-3H2,(H,14,15)(H,16,18). The fourth-order valence-electron chi connectivity index (χ4n) is 1.43. The number of carbonyl (C=O) groups is 1. The first-order valence-corrected chi connectivity index (χ1v) is 5.87. The maximum atomic E-state index is 11.7. The number of nitrogens with one attached hydrogen (secondary N) is 2. The first kappa shape index (κ1) is 12.5. The number of H-pyrrole nitrogens is 1. The Hall–Kier alpha value is -1.95. The molecule has 2 rings (SSSR count). The Kier molecular flexibility index (Phi) is 4.25. The molecule has 1 amide bonds. The second kappa shape index (κ2) is 6.11. The van der Waals surface area contributed by atoms with Crippen molar-refractivity contribution in [3.63, 3.8) is 0 Å². The molecule has 18 heavy (non-hydrogen) atoms. The van der Waals surface area contributed by atoms with Crippen LogP contribution in [0.5, 0.6) is 0 Å². The van der Waals surface area contributed by atoms with Crippen LogP contribution in [-0.4, -0.2) is 32.4 Å². The van der Waals surface area contributed by atoms with Crippen LogP contribution < -0.4 is 5.32 Å². The van der Waals surface area contributed by atoms with Gasteiger partial charge in [0.05, 0.1) is 12.4 Å². The van der Waals surface area contributed by atoms with Crippen LogP contribution in [0.1, 0.15) is 22.7 Å². The smallest absolute Gasteiger partial charge is 0.271 e. The van der Waals surface area contributed by atoms with Gasteiger partial charge in [-0.3, -0.25) is 9.78 Å². The number of amides is 1. The number of hydrogen-bond donors (Lipinski definition) is 2. The fraction of sp³-hybridized carbons (Fsp3) is 0.273. The molecule has 2 aromatic heterocycles. The summed E-state index contributed by atoms with van der Waals surface area (Å²) in [5, 5.41) is 2.95. The summed E-state index contributed by atoms with van der Waals surface area (Å²) in [6.07, 6.45) is 7.83. The van der Waals surface area contributed by atoms with Crippen molar-refractivity contribution in [1.82, 2.24) is 25.3 Å². The number of hydrogen-bond acceptors (Lipinski definition) is 4. The van der Waals surface area contributed by atoms with Crippen molar-refractivity contribution in [1.29, 1.82) is 0 Å². The molecule has 0 atom stereocenters. The average Bonchev–Trinajstić information content (AvgIpc) is 2.87. The van der Waals surface area contributed by atoms with Gasteiger partial charge in [0.25, 0.3) is 5.91 Å². The van der Waals surface area contributed by atoms with Gasteiger partial charge in [0.1, 0.15) is 16.7 Å². The first-order valence-electron chi connectivity index (χ1n) is 5.49. The second-order valence-corrected chi connectivity index (χ2v) is 4.01. The molecule has 0 fully saturated rings. The van der Waals surface area contributed by atoms with E-state index in [-0.39, 0.29) is 16.8 Å². The average molecular weight is 266 g/mol. The van der Waals surface area contributed by atoms with Gasteiger partial charge < -0.3 is 10.3 Å². The molecule has 2 N–H and O–H groups in total. The lowest BCUT2D eigenvalue weighted by Gasteiger charge is -2.03. The van der Waals surface area contributed by atoms with Crippen LogP contribution >= 0.6 is 11.6 Å². The normalized spacial score (nSPS) is 10.3. The van der Waals surface area contributed by atoms with Crippen molar-refractivity contribution in [3.8, 4) is 0 Å². The van der Waals surface area contributed by atoms with Crippen LogP contribution in [0, 0.1) is 0 Å². The van der Waals surface area contributed by atoms with E-state index >= 15 is 0 Å². The van der Waals surface area contributed by atoms with E-state index < -0.39 is 0 Å². The van der Waals surface area contributed by atoms with E-state index in [1.165, 1.54) is 12.4 Å². The molecule has 0 unspecified atom stereocenters. The molecule has 0 saturated heterocycles. The largest absolute Gasteiger partial charge is 0.351 e. The summed E-state index contributed by atoms with van der Waals surface area (Å²) in [7, 11) is 0. The topological polar surface area (TPSA) is 83.6 Å². The Morgan fingerprint density at radius 3 is 3.06 bits per heavy atom. The minimum absolute atomic E-state index is 0.207. The van der Waals surface area contributed by atoms with Crippen LogP contribution in [0.3, 0.4) is 0 Å². The Balaban J connectivity index is 1.75. The van der Waals surface area contributed by atoms with Crippen LogP contribution in [0.4, 0.5) is 0 Å². The molecule has 0 aromatic carbocycles. The van der Waals surface area contributed by atoms with E-state index in [0.29, 0.717) is 6.54 Å². The van der Waals surface area contributed by atoms with E-state index in [0.717, 1.165) is 18.7 Å². The summed E-state index contributed by atoms with van der Waals surface area (Å²) >= 11 is 5.65. The van der Waals surface area contributed by atoms with Crippen molar-refractivity contribution in [2.24, 2.45) is 0 Å². The minimum Gasteiger partial charge on any atom is -0.351 e. The molecule has 0 radical (unpaired) electrons. The number of imidazole rings is 1. The minimum atomic E-state index is -0.274. The van der Waals surface area contributed by atoms with Gasteiger partial charge in [-0.05, 0) is 6.42 Å². The quantitative estimate of drug-likeness (QED) is 0.796. The van der Waals surface area contributed by atoms with E-state index in [9.17, 15) is 4.79 Å². The molecular formula is C11H12ClN5O. The van der Waals surface area contributed by atoms with Crippen LogP contribution in [0.15, 0.2) is 24.8 Å². The van der Waals surface area contributed by atoms with Crippen molar-refractivity contribution >= 4 is 17.5 Å². The molecule has 94 valence electrons. The summed E-state index contributed by atoms with van der Waals surface area (Å²) in [5.41, 5.74) is 0.223.